The van der Waals surface area contributed by atoms with E-state index in [0.29, 0.717) is 41.9 Å². The number of carboxylic acid groups (broad SMARTS) is 1. The highest BCUT2D eigenvalue weighted by Gasteiger charge is 2.57. The minimum Gasteiger partial charge on any atom is -0.481 e. The summed E-state index contributed by atoms with van der Waals surface area (Å²) in [7, 11) is 6.35. The number of carbonyl (C=O) groups is 4. The lowest BCUT2D eigenvalue weighted by atomic mass is 9.45. The lowest BCUT2D eigenvalue weighted by molar-refractivity contribution is -0.885. The number of benzene rings is 1. The predicted molar refractivity (Wildman–Crippen MR) is 342 cm³/mol. The molecule has 1 unspecified atom stereocenters. The molecule has 10 fully saturated rings. The summed E-state index contributed by atoms with van der Waals surface area (Å²) < 4.78 is 0. The molecule has 8 N–H and O–H groups in total. The molecule has 4 saturated heterocycles. The van der Waals surface area contributed by atoms with Crippen molar-refractivity contribution in [2.75, 3.05) is 67.0 Å². The number of ketones is 1. The van der Waals surface area contributed by atoms with Crippen molar-refractivity contribution in [3.63, 3.8) is 0 Å². The van der Waals surface area contributed by atoms with Gasteiger partial charge in [-0.2, -0.15) is 5.06 Å². The third kappa shape index (κ3) is 19.0. The maximum Gasteiger partial charge on any atom is 0.306 e. The van der Waals surface area contributed by atoms with Gasteiger partial charge < -0.3 is 46.4 Å². The second-order valence-electron chi connectivity index (χ2n) is 28.5. The molecule has 1 aromatic carbocycles. The molecular weight excluding hydrogens is 1100 g/mol. The van der Waals surface area contributed by atoms with Crippen LogP contribution in [-0.4, -0.2) is 156 Å². The first-order chi connectivity index (χ1) is 40.5. The number of fused-ring (bicyclic) bond motifs is 2. The van der Waals surface area contributed by atoms with Crippen LogP contribution in [-0.2, 0) is 30.6 Å². The Morgan fingerprint density at radius 3 is 1.88 bits per heavy atom. The number of likely N-dealkylation sites (tertiary alicyclic amines) is 3. The molecule has 4 heterocycles. The van der Waals surface area contributed by atoms with Gasteiger partial charge in [0, 0.05) is 54.0 Å². The number of aliphatic hydroxyl groups excluding tert-OH is 2. The molecule has 2 amide bonds. The fraction of sp³-hybridized carbons (Fsp3) is 0.771. The van der Waals surface area contributed by atoms with Gasteiger partial charge >= 0.3 is 5.97 Å². The zero-order valence-electron chi connectivity index (χ0n) is 53.7. The highest BCUT2D eigenvalue weighted by molar-refractivity contribution is 5.85. The summed E-state index contributed by atoms with van der Waals surface area (Å²) in [5.41, 5.74) is 7.10. The van der Waals surface area contributed by atoms with Gasteiger partial charge in [0.15, 0.2) is 0 Å². The maximum absolute atomic E-state index is 14.0. The standard InChI is InChI=1S/C40H59N3O5.C15H24N2O.C8H13N.C7H13NO2.ClH/c1-26-32-21-31(39(32,3)4)22-33(26)41-38(47)37-36(27(2)45)35(25-44)48-43(37)24-29-11-9-10-28(20-29)12-17-40(15-7-6-8-16-40)23-34(46)30-13-18-42(5)19-14-30;1-3-15(9-5-4-6-10-15)16-14(18)13-7-11-17(2)12-8-13;1-2-8(9)6-4-3-5-7-8;1-8-4-2-6(3-5-8)7(9)10;/h9-11,20,26-27,30-33,35-37,44-45H,6-8,13-16,18-19,21-25H2,1-5H3,(H,41,47);1,13H,4-12H2,2H3,(H,16,18);1H,3-7,9H2;6H,2-5H2,1H3,(H,9,10);1H/p+1/t26-,27-,31?,32-,33-,35-,36+,37-;;;;/m0..../s1. The molecular formula is C70H111ClN7O8+. The fourth-order valence-corrected chi connectivity index (χ4v) is 15.8. The lowest BCUT2D eigenvalue weighted by Crippen LogP contribution is -3.10. The summed E-state index contributed by atoms with van der Waals surface area (Å²) in [6.07, 6.45) is 34.2. The van der Waals surface area contributed by atoms with Crippen LogP contribution in [0.1, 0.15) is 193 Å². The summed E-state index contributed by atoms with van der Waals surface area (Å²) in [5, 5.41) is 37.8. The van der Waals surface area contributed by atoms with E-state index in [4.69, 9.17) is 28.5 Å². The number of nitrogens with two attached hydrogens (primary N) is 1. The molecule has 8 atom stereocenters. The van der Waals surface area contributed by atoms with E-state index < -0.39 is 30.1 Å². The molecule has 0 aromatic heterocycles. The van der Waals surface area contributed by atoms with Crippen molar-refractivity contribution < 1.29 is 44.2 Å². The predicted octanol–water partition coefficient (Wildman–Crippen LogP) is 7.43. The van der Waals surface area contributed by atoms with Crippen LogP contribution < -0.4 is 21.3 Å². The highest BCUT2D eigenvalue weighted by atomic mass is 35.5. The number of hydroxylamine groups is 2. The summed E-state index contributed by atoms with van der Waals surface area (Å²) in [4.78, 5) is 62.5. The zero-order valence-corrected chi connectivity index (χ0v) is 54.5. The minimum absolute atomic E-state index is 0. The third-order valence-electron chi connectivity index (χ3n) is 22.0. The number of terminal acetylenes is 2. The van der Waals surface area contributed by atoms with Gasteiger partial charge in [-0.1, -0.05) is 114 Å². The van der Waals surface area contributed by atoms with Crippen LogP contribution in [0.3, 0.4) is 0 Å². The number of nitrogens with zero attached hydrogens (tertiary/aromatic N) is 3. The van der Waals surface area contributed by atoms with Crippen LogP contribution >= 0.6 is 12.4 Å². The number of carboxylic acids is 1. The topological polar surface area (TPSA) is 202 Å². The SMILES string of the molecule is C#CC1(N)CCCCC1.C#CC1(NC(=O)C2CCN(C)CC2)CCCCC1.C[C@@H]1[C@@H](NC(=O)[C@@H]2[C@H]([C@H](C)O)[C@H](CO)ON2Cc2cccc(C#CC3(CC(=O)C4CCN(C)CC4)CCCCC3)c2)CC2C[C@@H]1C2(C)C.C[NH+]1CCC(C(=O)O)CC1.Cl. The number of piperidine rings is 3. The molecule has 4 aliphatic heterocycles. The van der Waals surface area contributed by atoms with Crippen molar-refractivity contribution in [3.8, 4) is 36.5 Å². The molecule has 1 aromatic rings. The Hall–Kier alpha value is -4.05. The number of carbonyl (C=O) groups excluding carboxylic acids is 3. The summed E-state index contributed by atoms with van der Waals surface area (Å²) in [5.74, 6) is 13.7. The van der Waals surface area contributed by atoms with Gasteiger partial charge in [0.1, 0.15) is 23.5 Å². The van der Waals surface area contributed by atoms with Crippen LogP contribution in [0.25, 0.3) is 0 Å². The Morgan fingerprint density at radius 2 is 1.37 bits per heavy atom. The van der Waals surface area contributed by atoms with Gasteiger partial charge in [0.05, 0.1) is 50.8 Å². The van der Waals surface area contributed by atoms with Crippen molar-refractivity contribution >= 4 is 36.0 Å². The number of aliphatic hydroxyl groups is 2. The zero-order chi connectivity index (χ0) is 61.5. The van der Waals surface area contributed by atoms with Crippen molar-refractivity contribution in [3.05, 3.63) is 35.4 Å². The molecule has 0 spiro atoms. The van der Waals surface area contributed by atoms with E-state index in [1.165, 1.54) is 43.4 Å². The molecule has 15 nitrogen and oxygen atoms in total. The number of amides is 2. The van der Waals surface area contributed by atoms with Gasteiger partial charge in [-0.3, -0.25) is 24.0 Å². The van der Waals surface area contributed by atoms with E-state index in [1.54, 1.807) is 12.0 Å². The molecule has 16 heteroatoms. The fourth-order valence-electron chi connectivity index (χ4n) is 15.8. The molecule has 480 valence electrons. The first kappa shape index (κ1) is 71.0. The first-order valence-corrected chi connectivity index (χ1v) is 33.2. The highest BCUT2D eigenvalue weighted by Crippen LogP contribution is 2.61. The second kappa shape index (κ2) is 32.6. The molecule has 0 radical (unpaired) electrons. The van der Waals surface area contributed by atoms with Crippen molar-refractivity contribution in [2.24, 2.45) is 58.0 Å². The summed E-state index contributed by atoms with van der Waals surface area (Å²) >= 11 is 0. The van der Waals surface area contributed by atoms with Crippen molar-refractivity contribution in [1.82, 2.24) is 25.5 Å². The van der Waals surface area contributed by atoms with Crippen molar-refractivity contribution in [1.29, 1.82) is 0 Å². The van der Waals surface area contributed by atoms with Gasteiger partial charge in [0.2, 0.25) is 11.8 Å². The lowest BCUT2D eigenvalue weighted by Gasteiger charge is -2.62. The molecule has 11 rings (SSSR count). The van der Waals surface area contributed by atoms with Gasteiger partial charge in [-0.05, 0) is 165 Å². The summed E-state index contributed by atoms with van der Waals surface area (Å²) in [6.45, 7) is 14.7. The molecule has 6 aliphatic carbocycles. The Bertz CT molecular complexity index is 2490. The van der Waals surface area contributed by atoms with Gasteiger partial charge in [-0.25, -0.2) is 0 Å². The number of Topliss-reactive ketones (excluding diaryl/α,β-unsaturated/α-hetero) is 1. The second-order valence-corrected chi connectivity index (χ2v) is 28.5. The average molecular weight is 1210 g/mol. The van der Waals surface area contributed by atoms with E-state index in [9.17, 15) is 29.4 Å². The van der Waals surface area contributed by atoms with Crippen LogP contribution in [0.15, 0.2) is 24.3 Å². The van der Waals surface area contributed by atoms with Crippen LogP contribution in [0.4, 0.5) is 0 Å². The van der Waals surface area contributed by atoms with Gasteiger partial charge in [0.25, 0.3) is 0 Å². The van der Waals surface area contributed by atoms with Crippen molar-refractivity contribution in [2.45, 2.75) is 224 Å². The average Bonchev–Trinajstić information content (AvgIpc) is 0.818. The largest absolute Gasteiger partial charge is 0.481 e. The number of rotatable bonds is 12. The van der Waals surface area contributed by atoms with Crippen LogP contribution in [0.2, 0.25) is 0 Å². The molecule has 6 saturated carbocycles. The number of aliphatic carboxylic acids is 1. The smallest absolute Gasteiger partial charge is 0.306 e. The molecule has 2 bridgehead atoms. The quantitative estimate of drug-likeness (QED) is 0.102. The van der Waals surface area contributed by atoms with E-state index in [0.717, 1.165) is 160 Å². The third-order valence-corrected chi connectivity index (χ3v) is 22.0. The Morgan fingerprint density at radius 1 is 0.802 bits per heavy atom. The first-order valence-electron chi connectivity index (χ1n) is 33.2. The Balaban J connectivity index is 0.000000250. The number of halogens is 1. The number of nitrogens with one attached hydrogen (secondary N) is 3. The Kier molecular flexibility index (Phi) is 26.9. The van der Waals surface area contributed by atoms with E-state index in [2.05, 4.69) is 86.0 Å². The maximum atomic E-state index is 14.0. The molecule has 86 heavy (non-hydrogen) atoms. The minimum atomic E-state index is -0.833. The van der Waals surface area contributed by atoms with E-state index in [1.807, 2.05) is 24.3 Å². The van der Waals surface area contributed by atoms with E-state index in [-0.39, 0.29) is 71.1 Å². The van der Waals surface area contributed by atoms with E-state index >= 15 is 0 Å². The molecule has 10 aliphatic rings. The monoisotopic (exact) mass is 1210 g/mol. The number of quaternary nitrogens is 1. The number of hydrogen-bond donors (Lipinski definition) is 7. The summed E-state index contributed by atoms with van der Waals surface area (Å²) in [6, 6.07) is 7.40. The van der Waals surface area contributed by atoms with Gasteiger partial charge in [-0.15, -0.1) is 25.3 Å². The number of hydrogen-bond acceptors (Lipinski definition) is 11. The Labute approximate surface area is 523 Å². The van der Waals surface area contributed by atoms with Crippen LogP contribution in [0.5, 0.6) is 0 Å². The van der Waals surface area contributed by atoms with Crippen LogP contribution in [0, 0.1) is 88.8 Å². The normalized spacial score (nSPS) is 30.8.